The minimum atomic E-state index is -0.928. The molecule has 1 aromatic carbocycles. The lowest BCUT2D eigenvalue weighted by Gasteiger charge is -2.20. The third-order valence-corrected chi connectivity index (χ3v) is 3.68. The first-order chi connectivity index (χ1) is 12.0. The van der Waals surface area contributed by atoms with Crippen molar-refractivity contribution in [3.8, 4) is 0 Å². The third kappa shape index (κ3) is 5.72. The highest BCUT2D eigenvalue weighted by atomic mass is 19.1. The standard InChI is InChI=1S/C18H21FN2O4/c1-12(17(23)13-6-8-14(19)9-7-13)21-16(22)5-2-10-20-18(24)15-4-3-11-25-15/h3-4,6-9,11-12,17,23H,2,5,10H2,1H3,(H,20,24)(H,21,22). The van der Waals surface area contributed by atoms with Gasteiger partial charge in [0.2, 0.25) is 5.91 Å². The molecule has 0 radical (unpaired) electrons. The zero-order valence-corrected chi connectivity index (χ0v) is 13.9. The molecule has 2 atom stereocenters. The van der Waals surface area contributed by atoms with Crippen molar-refractivity contribution in [1.82, 2.24) is 10.6 Å². The summed E-state index contributed by atoms with van der Waals surface area (Å²) in [6, 6.07) is 8.13. The number of halogens is 1. The summed E-state index contributed by atoms with van der Waals surface area (Å²) in [5.41, 5.74) is 0.528. The highest BCUT2D eigenvalue weighted by Crippen LogP contribution is 2.17. The normalized spacial score (nSPS) is 13.1. The number of aliphatic hydroxyl groups excluding tert-OH is 1. The summed E-state index contributed by atoms with van der Waals surface area (Å²) in [5.74, 6) is -0.726. The van der Waals surface area contributed by atoms with Gasteiger partial charge in [0.1, 0.15) is 5.82 Å². The molecule has 2 amide bonds. The van der Waals surface area contributed by atoms with Gasteiger partial charge in [-0.25, -0.2) is 4.39 Å². The van der Waals surface area contributed by atoms with Crippen LogP contribution >= 0.6 is 0 Å². The van der Waals surface area contributed by atoms with Crippen molar-refractivity contribution in [1.29, 1.82) is 0 Å². The molecule has 0 aliphatic rings. The van der Waals surface area contributed by atoms with Crippen LogP contribution in [0.3, 0.4) is 0 Å². The Hall–Kier alpha value is -2.67. The lowest BCUT2D eigenvalue weighted by Crippen LogP contribution is -2.37. The van der Waals surface area contributed by atoms with Crippen molar-refractivity contribution >= 4 is 11.8 Å². The average molecular weight is 348 g/mol. The molecular weight excluding hydrogens is 327 g/mol. The van der Waals surface area contributed by atoms with Crippen molar-refractivity contribution in [2.24, 2.45) is 0 Å². The van der Waals surface area contributed by atoms with Crippen LogP contribution in [-0.2, 0) is 4.79 Å². The fourth-order valence-electron chi connectivity index (χ4n) is 2.30. The largest absolute Gasteiger partial charge is 0.459 e. The number of aliphatic hydroxyl groups is 1. The second-order valence-electron chi connectivity index (χ2n) is 5.69. The van der Waals surface area contributed by atoms with Crippen LogP contribution in [0.15, 0.2) is 47.1 Å². The van der Waals surface area contributed by atoms with Crippen LogP contribution in [0.5, 0.6) is 0 Å². The first-order valence-corrected chi connectivity index (χ1v) is 8.02. The predicted octanol–water partition coefficient (Wildman–Crippen LogP) is 2.17. The highest BCUT2D eigenvalue weighted by molar-refractivity contribution is 5.91. The Bertz CT molecular complexity index is 686. The van der Waals surface area contributed by atoms with Gasteiger partial charge in [-0.05, 0) is 43.2 Å². The van der Waals surface area contributed by atoms with E-state index in [1.165, 1.54) is 30.5 Å². The van der Waals surface area contributed by atoms with Crippen molar-refractivity contribution in [2.45, 2.75) is 31.9 Å². The molecule has 25 heavy (non-hydrogen) atoms. The first-order valence-electron chi connectivity index (χ1n) is 8.02. The molecule has 1 aromatic heterocycles. The van der Waals surface area contributed by atoms with E-state index in [2.05, 4.69) is 10.6 Å². The fourth-order valence-corrected chi connectivity index (χ4v) is 2.30. The van der Waals surface area contributed by atoms with Crippen LogP contribution in [0.4, 0.5) is 4.39 Å². The lowest BCUT2D eigenvalue weighted by molar-refractivity contribution is -0.122. The molecule has 0 fully saturated rings. The molecule has 3 N–H and O–H groups in total. The Labute approximate surface area is 145 Å². The van der Waals surface area contributed by atoms with Crippen molar-refractivity contribution in [3.63, 3.8) is 0 Å². The average Bonchev–Trinajstić information content (AvgIpc) is 3.13. The predicted molar refractivity (Wildman–Crippen MR) is 89.2 cm³/mol. The maximum Gasteiger partial charge on any atom is 0.286 e. The SMILES string of the molecule is CC(NC(=O)CCCNC(=O)c1ccco1)C(O)c1ccc(F)cc1. The third-order valence-electron chi connectivity index (χ3n) is 3.68. The number of hydrogen-bond acceptors (Lipinski definition) is 4. The molecule has 134 valence electrons. The number of carbonyl (C=O) groups excluding carboxylic acids is 2. The maximum absolute atomic E-state index is 12.9. The molecule has 7 heteroatoms. The number of nitrogens with one attached hydrogen (secondary N) is 2. The topological polar surface area (TPSA) is 91.6 Å². The molecule has 0 saturated carbocycles. The van der Waals surface area contributed by atoms with Crippen molar-refractivity contribution < 1.29 is 23.5 Å². The molecule has 0 saturated heterocycles. The Kier molecular flexibility index (Phi) is 6.71. The van der Waals surface area contributed by atoms with E-state index in [0.29, 0.717) is 18.5 Å². The molecular formula is C18H21FN2O4. The zero-order valence-electron chi connectivity index (χ0n) is 13.9. The fraction of sp³-hybridized carbons (Fsp3) is 0.333. The summed E-state index contributed by atoms with van der Waals surface area (Å²) >= 11 is 0. The van der Waals surface area contributed by atoms with E-state index in [1.807, 2.05) is 0 Å². The van der Waals surface area contributed by atoms with Crippen LogP contribution in [-0.4, -0.2) is 29.5 Å². The maximum atomic E-state index is 12.9. The second kappa shape index (κ2) is 8.98. The molecule has 6 nitrogen and oxygen atoms in total. The minimum absolute atomic E-state index is 0.207. The molecule has 0 aliphatic heterocycles. The molecule has 2 aromatic rings. The van der Waals surface area contributed by atoms with Crippen LogP contribution in [0.2, 0.25) is 0 Å². The van der Waals surface area contributed by atoms with Gasteiger partial charge in [0, 0.05) is 13.0 Å². The number of carbonyl (C=O) groups is 2. The summed E-state index contributed by atoms with van der Waals surface area (Å²) < 4.78 is 17.9. The Morgan fingerprint density at radius 2 is 1.96 bits per heavy atom. The number of amides is 2. The quantitative estimate of drug-likeness (QED) is 0.638. The van der Waals surface area contributed by atoms with Gasteiger partial charge in [0.15, 0.2) is 5.76 Å². The van der Waals surface area contributed by atoms with E-state index in [9.17, 15) is 19.1 Å². The van der Waals surface area contributed by atoms with Crippen LogP contribution in [0, 0.1) is 5.82 Å². The highest BCUT2D eigenvalue weighted by Gasteiger charge is 2.18. The first kappa shape index (κ1) is 18.7. The van der Waals surface area contributed by atoms with Crippen molar-refractivity contribution in [3.05, 3.63) is 59.8 Å². The van der Waals surface area contributed by atoms with E-state index in [4.69, 9.17) is 4.42 Å². The monoisotopic (exact) mass is 348 g/mol. The van der Waals surface area contributed by atoms with E-state index in [0.717, 1.165) is 0 Å². The van der Waals surface area contributed by atoms with Gasteiger partial charge < -0.3 is 20.2 Å². The molecule has 0 bridgehead atoms. The number of rotatable bonds is 8. The Balaban J connectivity index is 1.68. The summed E-state index contributed by atoms with van der Waals surface area (Å²) in [6.07, 6.45) is 1.15. The van der Waals surface area contributed by atoms with Gasteiger partial charge in [0.05, 0.1) is 18.4 Å². The van der Waals surface area contributed by atoms with Crippen LogP contribution < -0.4 is 10.6 Å². The lowest BCUT2D eigenvalue weighted by atomic mass is 10.0. The van der Waals surface area contributed by atoms with Gasteiger partial charge in [-0.2, -0.15) is 0 Å². The van der Waals surface area contributed by atoms with Gasteiger partial charge in [-0.1, -0.05) is 12.1 Å². The van der Waals surface area contributed by atoms with Crippen molar-refractivity contribution in [2.75, 3.05) is 6.54 Å². The smallest absolute Gasteiger partial charge is 0.286 e. The number of furan rings is 1. The molecule has 2 unspecified atom stereocenters. The van der Waals surface area contributed by atoms with Gasteiger partial charge in [-0.3, -0.25) is 9.59 Å². The zero-order chi connectivity index (χ0) is 18.2. The Morgan fingerprint density at radius 3 is 2.60 bits per heavy atom. The minimum Gasteiger partial charge on any atom is -0.459 e. The van der Waals surface area contributed by atoms with E-state index >= 15 is 0 Å². The van der Waals surface area contributed by atoms with Gasteiger partial charge in [-0.15, -0.1) is 0 Å². The molecule has 0 spiro atoms. The Morgan fingerprint density at radius 1 is 1.24 bits per heavy atom. The summed E-state index contributed by atoms with van der Waals surface area (Å²) in [6.45, 7) is 2.01. The van der Waals surface area contributed by atoms with E-state index in [1.54, 1.807) is 19.1 Å². The van der Waals surface area contributed by atoms with Crippen LogP contribution in [0.1, 0.15) is 42.0 Å². The van der Waals surface area contributed by atoms with E-state index < -0.39 is 12.1 Å². The summed E-state index contributed by atoms with van der Waals surface area (Å²) in [4.78, 5) is 23.5. The van der Waals surface area contributed by atoms with E-state index in [-0.39, 0.29) is 29.8 Å². The number of hydrogen-bond donors (Lipinski definition) is 3. The molecule has 1 heterocycles. The van der Waals surface area contributed by atoms with Gasteiger partial charge >= 0.3 is 0 Å². The number of benzene rings is 1. The second-order valence-corrected chi connectivity index (χ2v) is 5.69. The molecule has 2 rings (SSSR count). The van der Waals surface area contributed by atoms with Crippen LogP contribution in [0.25, 0.3) is 0 Å². The summed E-state index contributed by atoms with van der Waals surface area (Å²) in [5, 5.41) is 15.5. The van der Waals surface area contributed by atoms with Gasteiger partial charge in [0.25, 0.3) is 5.91 Å². The summed E-state index contributed by atoms with van der Waals surface area (Å²) in [7, 11) is 0. The molecule has 0 aliphatic carbocycles.